The van der Waals surface area contributed by atoms with Gasteiger partial charge in [-0.3, -0.25) is 0 Å². The van der Waals surface area contributed by atoms with Gasteiger partial charge in [-0.05, 0) is 74.5 Å². The Balaban J connectivity index is 1.52. The largest absolute Gasteiger partial charge is 0.416 e. The zero-order valence-corrected chi connectivity index (χ0v) is 19.6. The smallest absolute Gasteiger partial charge is 0.376 e. The van der Waals surface area contributed by atoms with Crippen LogP contribution in [0.2, 0.25) is 0 Å². The number of nitrogens with zero attached hydrogens (tertiary/aromatic N) is 1. The van der Waals surface area contributed by atoms with Gasteiger partial charge in [0.25, 0.3) is 0 Å². The minimum absolute atomic E-state index is 0.128. The van der Waals surface area contributed by atoms with E-state index >= 15 is 0 Å². The van der Waals surface area contributed by atoms with Crippen molar-refractivity contribution in [2.24, 2.45) is 0 Å². The third-order valence-corrected chi connectivity index (χ3v) is 7.50. The summed E-state index contributed by atoms with van der Waals surface area (Å²) in [5.74, 6) is 0. The Hall–Kier alpha value is -2.06. The van der Waals surface area contributed by atoms with Crippen molar-refractivity contribution in [2.45, 2.75) is 75.4 Å². The van der Waals surface area contributed by atoms with Crippen LogP contribution in [0.5, 0.6) is 0 Å². The van der Waals surface area contributed by atoms with Gasteiger partial charge < -0.3 is 9.64 Å². The van der Waals surface area contributed by atoms with Gasteiger partial charge in [0.15, 0.2) is 0 Å². The van der Waals surface area contributed by atoms with Crippen molar-refractivity contribution in [3.63, 3.8) is 0 Å². The van der Waals surface area contributed by atoms with E-state index in [9.17, 15) is 26.3 Å². The van der Waals surface area contributed by atoms with E-state index in [4.69, 9.17) is 4.74 Å². The molecule has 2 aromatic rings. The molecule has 4 rings (SSSR count). The number of halogens is 6. The molecule has 2 aliphatic rings. The number of hydrogen-bond donors (Lipinski definition) is 0. The first-order valence-corrected chi connectivity index (χ1v) is 12.2. The molecule has 1 saturated heterocycles. The molecule has 2 nitrogen and oxygen atoms in total. The maximum atomic E-state index is 13.2. The summed E-state index contributed by atoms with van der Waals surface area (Å²) in [7, 11) is 0. The normalized spacial score (nSPS) is 22.9. The van der Waals surface area contributed by atoms with Crippen LogP contribution in [0.3, 0.4) is 0 Å². The van der Waals surface area contributed by atoms with Crippen LogP contribution in [0.4, 0.5) is 26.3 Å². The molecule has 2 fully saturated rings. The first-order valence-electron chi connectivity index (χ1n) is 12.2. The zero-order valence-electron chi connectivity index (χ0n) is 19.6. The molecule has 1 saturated carbocycles. The van der Waals surface area contributed by atoms with E-state index in [2.05, 4.69) is 4.90 Å². The van der Waals surface area contributed by atoms with Crippen LogP contribution in [0, 0.1) is 0 Å². The Kier molecular flexibility index (Phi) is 7.81. The summed E-state index contributed by atoms with van der Waals surface area (Å²) in [6, 6.07) is 12.2. The molecule has 1 heterocycles. The fourth-order valence-electron chi connectivity index (χ4n) is 5.62. The summed E-state index contributed by atoms with van der Waals surface area (Å²) in [6.45, 7) is 1.84. The van der Waals surface area contributed by atoms with Crippen molar-refractivity contribution >= 4 is 0 Å². The van der Waals surface area contributed by atoms with Crippen LogP contribution >= 0.6 is 0 Å². The predicted molar refractivity (Wildman–Crippen MR) is 122 cm³/mol. The lowest BCUT2D eigenvalue weighted by molar-refractivity contribution is -0.143. The fraction of sp³-hybridized carbons (Fsp3) is 0.556. The lowest BCUT2D eigenvalue weighted by Crippen LogP contribution is -2.37. The van der Waals surface area contributed by atoms with Gasteiger partial charge in [0, 0.05) is 11.5 Å². The van der Waals surface area contributed by atoms with Crippen molar-refractivity contribution < 1.29 is 31.1 Å². The van der Waals surface area contributed by atoms with E-state index in [-0.39, 0.29) is 30.3 Å². The van der Waals surface area contributed by atoms with Crippen LogP contribution in [0.25, 0.3) is 0 Å². The van der Waals surface area contributed by atoms with E-state index in [1.807, 2.05) is 30.3 Å². The van der Waals surface area contributed by atoms with Gasteiger partial charge in [0.1, 0.15) is 0 Å². The quantitative estimate of drug-likeness (QED) is 0.380. The SMILES string of the molecule is FC(F)(F)c1cc(COC[C@]2(c3ccccc3)CCCN(C3CCCC3)CC2)cc(C(F)(F)F)c1. The Morgan fingerprint density at radius 2 is 1.43 bits per heavy atom. The average molecular weight is 500 g/mol. The molecule has 0 amide bonds. The maximum Gasteiger partial charge on any atom is 0.416 e. The molecule has 0 aromatic heterocycles. The second-order valence-electron chi connectivity index (χ2n) is 9.88. The minimum Gasteiger partial charge on any atom is -0.376 e. The van der Waals surface area contributed by atoms with Crippen LogP contribution in [0.1, 0.15) is 67.2 Å². The molecule has 1 aliphatic heterocycles. The van der Waals surface area contributed by atoms with E-state index < -0.39 is 23.5 Å². The third kappa shape index (κ3) is 6.39. The molecule has 8 heteroatoms. The van der Waals surface area contributed by atoms with Crippen molar-refractivity contribution in [1.29, 1.82) is 0 Å². The second-order valence-corrected chi connectivity index (χ2v) is 9.88. The molecule has 2 aromatic carbocycles. The first-order chi connectivity index (χ1) is 16.6. The summed E-state index contributed by atoms with van der Waals surface area (Å²) in [4.78, 5) is 2.56. The second kappa shape index (κ2) is 10.5. The Labute approximate surface area is 202 Å². The Morgan fingerprint density at radius 1 is 0.800 bits per heavy atom. The van der Waals surface area contributed by atoms with E-state index in [1.54, 1.807) is 0 Å². The molecule has 0 bridgehead atoms. The number of likely N-dealkylation sites (tertiary alicyclic amines) is 1. The highest BCUT2D eigenvalue weighted by Crippen LogP contribution is 2.39. The highest BCUT2D eigenvalue weighted by molar-refractivity contribution is 5.33. The Bertz CT molecular complexity index is 936. The number of alkyl halides is 6. The minimum atomic E-state index is -4.87. The molecular formula is C27H31F6NO. The third-order valence-electron chi connectivity index (χ3n) is 7.50. The summed E-state index contributed by atoms with van der Waals surface area (Å²) in [5.41, 5.74) is -1.98. The van der Waals surface area contributed by atoms with Gasteiger partial charge in [-0.25, -0.2) is 0 Å². The maximum absolute atomic E-state index is 13.2. The molecule has 192 valence electrons. The molecule has 35 heavy (non-hydrogen) atoms. The monoisotopic (exact) mass is 499 g/mol. The lowest BCUT2D eigenvalue weighted by Gasteiger charge is -2.34. The van der Waals surface area contributed by atoms with Gasteiger partial charge in [-0.15, -0.1) is 0 Å². The van der Waals surface area contributed by atoms with Crippen LogP contribution in [-0.4, -0.2) is 30.6 Å². The fourth-order valence-corrected chi connectivity index (χ4v) is 5.62. The lowest BCUT2D eigenvalue weighted by atomic mass is 9.75. The van der Waals surface area contributed by atoms with Gasteiger partial charge >= 0.3 is 12.4 Å². The first kappa shape index (κ1) is 26.0. The van der Waals surface area contributed by atoms with Gasteiger partial charge in [0.2, 0.25) is 0 Å². The number of hydrogen-bond acceptors (Lipinski definition) is 2. The van der Waals surface area contributed by atoms with E-state index in [0.717, 1.165) is 50.0 Å². The van der Waals surface area contributed by atoms with Gasteiger partial charge in [0.05, 0.1) is 24.3 Å². The standard InChI is InChI=1S/C27H31F6NO/c28-26(29,30)22-15-20(16-23(17-22)27(31,32)33)18-35-19-25(21-7-2-1-3-8-21)11-6-13-34(14-12-25)24-9-4-5-10-24/h1-3,7-8,15-17,24H,4-6,9-14,18-19H2/t25-/m0/s1. The molecule has 1 aliphatic carbocycles. The van der Waals surface area contributed by atoms with E-state index in [1.165, 1.54) is 25.7 Å². The van der Waals surface area contributed by atoms with Crippen molar-refractivity contribution in [1.82, 2.24) is 4.90 Å². The van der Waals surface area contributed by atoms with Crippen molar-refractivity contribution in [3.8, 4) is 0 Å². The van der Waals surface area contributed by atoms with Crippen molar-refractivity contribution in [3.05, 3.63) is 70.8 Å². The summed E-state index contributed by atoms with van der Waals surface area (Å²) >= 11 is 0. The topological polar surface area (TPSA) is 12.5 Å². The van der Waals surface area contributed by atoms with E-state index in [0.29, 0.717) is 6.04 Å². The predicted octanol–water partition coefficient (Wildman–Crippen LogP) is 7.61. The number of ether oxygens (including phenoxy) is 1. The highest BCUT2D eigenvalue weighted by Gasteiger charge is 2.38. The van der Waals surface area contributed by atoms with Crippen LogP contribution < -0.4 is 0 Å². The summed E-state index contributed by atoms with van der Waals surface area (Å²) in [6.07, 6.45) is -2.14. The van der Waals surface area contributed by atoms with Gasteiger partial charge in [-0.1, -0.05) is 43.2 Å². The molecule has 1 atom stereocenters. The molecule has 0 unspecified atom stereocenters. The summed E-state index contributed by atoms with van der Waals surface area (Å²) in [5, 5.41) is 0. The summed E-state index contributed by atoms with van der Waals surface area (Å²) < 4.78 is 85.3. The zero-order chi connectivity index (χ0) is 25.1. The van der Waals surface area contributed by atoms with Crippen LogP contribution in [-0.2, 0) is 29.1 Å². The molecule has 0 spiro atoms. The molecular weight excluding hydrogens is 468 g/mol. The number of rotatable bonds is 6. The van der Waals surface area contributed by atoms with Crippen molar-refractivity contribution in [2.75, 3.05) is 19.7 Å². The average Bonchev–Trinajstić information content (AvgIpc) is 3.26. The highest BCUT2D eigenvalue weighted by atomic mass is 19.4. The molecule has 0 radical (unpaired) electrons. The van der Waals surface area contributed by atoms with Gasteiger partial charge in [-0.2, -0.15) is 26.3 Å². The van der Waals surface area contributed by atoms with Crippen LogP contribution in [0.15, 0.2) is 48.5 Å². The number of benzene rings is 2. The Morgan fingerprint density at radius 3 is 2.03 bits per heavy atom. The molecule has 0 N–H and O–H groups in total.